The zero-order chi connectivity index (χ0) is 22.5. The number of oxime groups is 1. The number of piperidine rings is 1. The highest BCUT2D eigenvalue weighted by Crippen LogP contribution is 2.45. The van der Waals surface area contributed by atoms with E-state index in [2.05, 4.69) is 65.5 Å². The minimum absolute atomic E-state index is 0.0150. The van der Waals surface area contributed by atoms with Gasteiger partial charge in [-0.2, -0.15) is 0 Å². The van der Waals surface area contributed by atoms with Crippen LogP contribution < -0.4 is 9.47 Å². The Bertz CT molecular complexity index is 1070. The van der Waals surface area contributed by atoms with Crippen molar-refractivity contribution in [2.24, 2.45) is 11.1 Å². The molecule has 0 bridgehead atoms. The lowest BCUT2D eigenvalue weighted by molar-refractivity contribution is 0.0846. The first-order valence-electron chi connectivity index (χ1n) is 10.9. The highest BCUT2D eigenvalue weighted by atomic mass is 16.5. The van der Waals surface area contributed by atoms with Crippen molar-refractivity contribution in [2.75, 3.05) is 14.2 Å². The summed E-state index contributed by atoms with van der Waals surface area (Å²) in [7, 11) is 3.37. The van der Waals surface area contributed by atoms with Crippen LogP contribution in [0.3, 0.4) is 0 Å². The maximum atomic E-state index is 9.89. The molecule has 4 rings (SSSR count). The maximum absolute atomic E-state index is 9.89. The molecule has 32 heavy (non-hydrogen) atoms. The third-order valence-electron chi connectivity index (χ3n) is 6.41. The lowest BCUT2D eigenvalue weighted by atomic mass is 9.79. The maximum Gasteiger partial charge on any atom is 0.119 e. The first-order valence-corrected chi connectivity index (χ1v) is 10.9. The average Bonchev–Trinajstić information content (AvgIpc) is 2.85. The van der Waals surface area contributed by atoms with E-state index < -0.39 is 0 Å². The summed E-state index contributed by atoms with van der Waals surface area (Å²) in [5, 5.41) is 13.6. The molecule has 0 aromatic heterocycles. The molecule has 3 atom stereocenters. The molecule has 3 unspecified atom stereocenters. The van der Waals surface area contributed by atoms with E-state index in [0.29, 0.717) is 6.42 Å². The van der Waals surface area contributed by atoms with Crippen molar-refractivity contribution in [2.45, 2.75) is 32.0 Å². The van der Waals surface area contributed by atoms with Gasteiger partial charge in [-0.25, -0.2) is 0 Å². The Hall–Kier alpha value is -3.31. The monoisotopic (exact) mass is 430 g/mol. The molecular weight excluding hydrogens is 400 g/mol. The Labute approximate surface area is 189 Å². The van der Waals surface area contributed by atoms with Gasteiger partial charge < -0.3 is 14.7 Å². The molecule has 0 radical (unpaired) electrons. The van der Waals surface area contributed by atoms with Crippen molar-refractivity contribution < 1.29 is 14.7 Å². The van der Waals surface area contributed by atoms with Crippen LogP contribution in [0, 0.1) is 5.92 Å². The van der Waals surface area contributed by atoms with Crippen molar-refractivity contribution >= 4 is 5.71 Å². The van der Waals surface area contributed by atoms with Gasteiger partial charge in [0.1, 0.15) is 11.5 Å². The number of methoxy groups -OCH3 is 2. The number of rotatable bonds is 6. The van der Waals surface area contributed by atoms with Crippen LogP contribution in [0.4, 0.5) is 0 Å². The van der Waals surface area contributed by atoms with Gasteiger partial charge in [0.25, 0.3) is 0 Å². The van der Waals surface area contributed by atoms with Crippen molar-refractivity contribution in [1.29, 1.82) is 0 Å². The SMILES string of the molecule is COc1cccc(C2CC(=NO)C(C)C(c3cccc(OC)c3)N2Cc2ccccc2)c1. The lowest BCUT2D eigenvalue weighted by Crippen LogP contribution is -2.44. The van der Waals surface area contributed by atoms with Crippen molar-refractivity contribution in [1.82, 2.24) is 4.90 Å². The van der Waals surface area contributed by atoms with Crippen LogP contribution in [-0.2, 0) is 6.54 Å². The minimum Gasteiger partial charge on any atom is -0.497 e. The van der Waals surface area contributed by atoms with Gasteiger partial charge in [-0.15, -0.1) is 0 Å². The van der Waals surface area contributed by atoms with Crippen LogP contribution >= 0.6 is 0 Å². The second kappa shape index (κ2) is 9.88. The largest absolute Gasteiger partial charge is 0.497 e. The third kappa shape index (κ3) is 4.48. The molecule has 5 nitrogen and oxygen atoms in total. The first kappa shape index (κ1) is 21.9. The van der Waals surface area contributed by atoms with E-state index in [1.807, 2.05) is 30.3 Å². The highest BCUT2D eigenvalue weighted by Gasteiger charge is 2.41. The second-order valence-corrected chi connectivity index (χ2v) is 8.26. The van der Waals surface area contributed by atoms with E-state index in [1.54, 1.807) is 14.2 Å². The fraction of sp³-hybridized carbons (Fsp3) is 0.296. The van der Waals surface area contributed by atoms with Gasteiger partial charge in [0.2, 0.25) is 0 Å². The van der Waals surface area contributed by atoms with Crippen LogP contribution in [0.15, 0.2) is 84.0 Å². The Morgan fingerprint density at radius 2 is 1.50 bits per heavy atom. The molecule has 1 heterocycles. The van der Waals surface area contributed by atoms with Gasteiger partial charge in [0.15, 0.2) is 0 Å². The molecule has 1 aliphatic rings. The molecular formula is C27H30N2O3. The molecule has 166 valence electrons. The summed E-state index contributed by atoms with van der Waals surface area (Å²) in [6.45, 7) is 2.91. The summed E-state index contributed by atoms with van der Waals surface area (Å²) in [6.07, 6.45) is 0.651. The number of nitrogens with zero attached hydrogens (tertiary/aromatic N) is 2. The Kier molecular flexibility index (Phi) is 6.76. The Morgan fingerprint density at radius 1 is 0.875 bits per heavy atom. The summed E-state index contributed by atoms with van der Waals surface area (Å²) in [6, 6.07) is 26.9. The van der Waals surface area contributed by atoms with E-state index in [-0.39, 0.29) is 18.0 Å². The normalized spacial score (nSPS) is 22.6. The Balaban J connectivity index is 1.84. The number of hydrogen-bond acceptors (Lipinski definition) is 5. The first-order chi connectivity index (χ1) is 15.6. The van der Waals surface area contributed by atoms with E-state index >= 15 is 0 Å². The molecule has 3 aromatic rings. The highest BCUT2D eigenvalue weighted by molar-refractivity contribution is 5.88. The molecule has 0 saturated carbocycles. The summed E-state index contributed by atoms with van der Waals surface area (Å²) < 4.78 is 11.0. The van der Waals surface area contributed by atoms with Gasteiger partial charge in [0.05, 0.1) is 19.9 Å². The fourth-order valence-electron chi connectivity index (χ4n) is 4.76. The smallest absolute Gasteiger partial charge is 0.119 e. The number of hydrogen-bond donors (Lipinski definition) is 1. The molecule has 1 fully saturated rings. The van der Waals surface area contributed by atoms with Crippen LogP contribution in [0.25, 0.3) is 0 Å². The zero-order valence-electron chi connectivity index (χ0n) is 18.8. The van der Waals surface area contributed by atoms with Crippen LogP contribution in [-0.4, -0.2) is 30.0 Å². The van der Waals surface area contributed by atoms with E-state index in [0.717, 1.165) is 34.9 Å². The molecule has 1 saturated heterocycles. The molecule has 1 N–H and O–H groups in total. The van der Waals surface area contributed by atoms with Crippen molar-refractivity contribution in [3.63, 3.8) is 0 Å². The van der Waals surface area contributed by atoms with Gasteiger partial charge in [0, 0.05) is 31.0 Å². The van der Waals surface area contributed by atoms with Crippen LogP contribution in [0.2, 0.25) is 0 Å². The minimum atomic E-state index is 0.0150. The van der Waals surface area contributed by atoms with Gasteiger partial charge in [-0.3, -0.25) is 4.90 Å². The van der Waals surface area contributed by atoms with Crippen molar-refractivity contribution in [3.05, 3.63) is 95.6 Å². The number of benzene rings is 3. The topological polar surface area (TPSA) is 54.3 Å². The summed E-state index contributed by atoms with van der Waals surface area (Å²) in [5.74, 6) is 1.68. The lowest BCUT2D eigenvalue weighted by Gasteiger charge is -2.46. The molecule has 3 aromatic carbocycles. The van der Waals surface area contributed by atoms with E-state index in [1.165, 1.54) is 5.56 Å². The Morgan fingerprint density at radius 3 is 2.12 bits per heavy atom. The van der Waals surface area contributed by atoms with E-state index in [4.69, 9.17) is 9.47 Å². The standard InChI is InChI=1S/C27H30N2O3/c1-19-25(28-30)17-26(21-11-7-13-23(15-21)31-2)29(18-20-9-5-4-6-10-20)27(19)22-12-8-14-24(16-22)32-3/h4-16,19,26-27,30H,17-18H2,1-3H3. The summed E-state index contributed by atoms with van der Waals surface area (Å²) in [4.78, 5) is 2.51. The van der Waals surface area contributed by atoms with Gasteiger partial charge in [-0.1, -0.05) is 66.7 Å². The predicted molar refractivity (Wildman–Crippen MR) is 126 cm³/mol. The van der Waals surface area contributed by atoms with Gasteiger partial charge in [-0.05, 0) is 41.0 Å². The van der Waals surface area contributed by atoms with Crippen LogP contribution in [0.1, 0.15) is 42.1 Å². The number of likely N-dealkylation sites (tertiary alicyclic amines) is 1. The van der Waals surface area contributed by atoms with Gasteiger partial charge >= 0.3 is 0 Å². The average molecular weight is 431 g/mol. The number of ether oxygens (including phenoxy) is 2. The fourth-order valence-corrected chi connectivity index (χ4v) is 4.76. The summed E-state index contributed by atoms with van der Waals surface area (Å²) >= 11 is 0. The second-order valence-electron chi connectivity index (χ2n) is 8.26. The molecule has 0 spiro atoms. The third-order valence-corrected chi connectivity index (χ3v) is 6.41. The quantitative estimate of drug-likeness (QED) is 0.393. The molecule has 0 amide bonds. The zero-order valence-corrected chi connectivity index (χ0v) is 18.8. The molecule has 0 aliphatic carbocycles. The predicted octanol–water partition coefficient (Wildman–Crippen LogP) is 5.86. The van der Waals surface area contributed by atoms with E-state index in [9.17, 15) is 5.21 Å². The van der Waals surface area contributed by atoms with Crippen LogP contribution in [0.5, 0.6) is 11.5 Å². The van der Waals surface area contributed by atoms with Crippen molar-refractivity contribution in [3.8, 4) is 11.5 Å². The summed E-state index contributed by atoms with van der Waals surface area (Å²) in [5.41, 5.74) is 4.32. The molecule has 5 heteroatoms. The molecule has 1 aliphatic heterocycles.